The van der Waals surface area contributed by atoms with Gasteiger partial charge in [-0.15, -0.1) is 11.3 Å². The van der Waals surface area contributed by atoms with Gasteiger partial charge in [-0.3, -0.25) is 9.78 Å². The zero-order valence-corrected chi connectivity index (χ0v) is 14.8. The Bertz CT molecular complexity index is 727. The first-order chi connectivity index (χ1) is 11.7. The second-order valence-electron chi connectivity index (χ2n) is 7.13. The smallest absolute Gasteiger partial charge is 0.263 e. The van der Waals surface area contributed by atoms with Gasteiger partial charge in [0, 0.05) is 12.7 Å². The van der Waals surface area contributed by atoms with Gasteiger partial charge in [0.1, 0.15) is 9.88 Å². The van der Waals surface area contributed by atoms with Gasteiger partial charge >= 0.3 is 0 Å². The van der Waals surface area contributed by atoms with Crippen LogP contribution in [0.1, 0.15) is 47.5 Å². The van der Waals surface area contributed by atoms with E-state index in [2.05, 4.69) is 15.3 Å². The summed E-state index contributed by atoms with van der Waals surface area (Å²) in [7, 11) is 0. The van der Waals surface area contributed by atoms with E-state index in [1.807, 2.05) is 25.1 Å². The number of nitrogens with zero attached hydrogens (tertiary/aromatic N) is 2. The summed E-state index contributed by atoms with van der Waals surface area (Å²) in [6.07, 6.45) is 8.53. The Hall–Kier alpha value is -1.75. The van der Waals surface area contributed by atoms with E-state index in [0.717, 1.165) is 47.1 Å². The molecule has 0 aliphatic heterocycles. The van der Waals surface area contributed by atoms with Crippen molar-refractivity contribution in [1.29, 1.82) is 0 Å². The van der Waals surface area contributed by atoms with E-state index in [1.165, 1.54) is 37.0 Å². The molecule has 2 heterocycles. The molecule has 0 radical (unpaired) electrons. The fraction of sp³-hybridized carbons (Fsp3) is 0.526. The monoisotopic (exact) mass is 341 g/mol. The number of amides is 1. The molecule has 0 saturated heterocycles. The lowest BCUT2D eigenvalue weighted by Gasteiger charge is -2.21. The van der Waals surface area contributed by atoms with Crippen molar-refractivity contribution in [2.24, 2.45) is 17.8 Å². The molecule has 0 aromatic carbocycles. The minimum absolute atomic E-state index is 0.00957. The highest BCUT2D eigenvalue weighted by Crippen LogP contribution is 2.49. The van der Waals surface area contributed by atoms with Crippen molar-refractivity contribution in [3.63, 3.8) is 0 Å². The average molecular weight is 341 g/mol. The highest BCUT2D eigenvalue weighted by Gasteiger charge is 2.38. The minimum atomic E-state index is 0.00957. The second-order valence-corrected chi connectivity index (χ2v) is 8.13. The lowest BCUT2D eigenvalue weighted by atomic mass is 9.86. The van der Waals surface area contributed by atoms with E-state index in [9.17, 15) is 4.79 Å². The van der Waals surface area contributed by atoms with E-state index in [1.54, 1.807) is 6.20 Å². The molecule has 2 bridgehead atoms. The Morgan fingerprint density at radius 2 is 2.25 bits per heavy atom. The molecule has 24 heavy (non-hydrogen) atoms. The number of carbonyl (C=O) groups is 1. The van der Waals surface area contributed by atoms with Gasteiger partial charge in [-0.1, -0.05) is 12.5 Å². The molecule has 4 rings (SSSR count). The van der Waals surface area contributed by atoms with Crippen molar-refractivity contribution in [2.75, 3.05) is 6.54 Å². The Balaban J connectivity index is 1.35. The van der Waals surface area contributed by atoms with E-state index in [0.29, 0.717) is 4.88 Å². The fourth-order valence-electron chi connectivity index (χ4n) is 4.39. The van der Waals surface area contributed by atoms with E-state index < -0.39 is 0 Å². The molecule has 3 unspecified atom stereocenters. The largest absolute Gasteiger partial charge is 0.351 e. The predicted octanol–water partition coefficient (Wildman–Crippen LogP) is 4.07. The Kier molecular flexibility index (Phi) is 4.35. The van der Waals surface area contributed by atoms with Gasteiger partial charge < -0.3 is 5.32 Å². The number of carbonyl (C=O) groups excluding carboxylic acids is 1. The summed E-state index contributed by atoms with van der Waals surface area (Å²) in [4.78, 5) is 22.0. The Morgan fingerprint density at radius 1 is 1.33 bits per heavy atom. The molecule has 1 N–H and O–H groups in total. The SMILES string of the molecule is Cc1nc(-c2ccccn2)sc1C(=O)NCCC1CC2CCC1C2. The van der Waals surface area contributed by atoms with Crippen molar-refractivity contribution < 1.29 is 4.79 Å². The van der Waals surface area contributed by atoms with Crippen LogP contribution in [0.15, 0.2) is 24.4 Å². The molecule has 4 nitrogen and oxygen atoms in total. The quantitative estimate of drug-likeness (QED) is 0.892. The first-order valence-electron chi connectivity index (χ1n) is 8.87. The molecule has 2 saturated carbocycles. The number of fused-ring (bicyclic) bond motifs is 2. The van der Waals surface area contributed by atoms with Crippen molar-refractivity contribution in [3.8, 4) is 10.7 Å². The van der Waals surface area contributed by atoms with E-state index in [-0.39, 0.29) is 5.91 Å². The second kappa shape index (κ2) is 6.63. The maximum absolute atomic E-state index is 12.5. The summed E-state index contributed by atoms with van der Waals surface area (Å²) in [6.45, 7) is 2.68. The highest BCUT2D eigenvalue weighted by atomic mass is 32.1. The molecule has 1 amide bonds. The third kappa shape index (κ3) is 3.09. The molecule has 0 spiro atoms. The zero-order chi connectivity index (χ0) is 16.5. The van der Waals surface area contributed by atoms with Crippen LogP contribution in [-0.4, -0.2) is 22.4 Å². The third-order valence-electron chi connectivity index (χ3n) is 5.57. The van der Waals surface area contributed by atoms with Crippen LogP contribution in [0.3, 0.4) is 0 Å². The maximum atomic E-state index is 12.5. The van der Waals surface area contributed by atoms with Gasteiger partial charge in [-0.2, -0.15) is 0 Å². The molecule has 2 fully saturated rings. The third-order valence-corrected chi connectivity index (χ3v) is 6.75. The van der Waals surface area contributed by atoms with Gasteiger partial charge in [0.2, 0.25) is 0 Å². The van der Waals surface area contributed by atoms with Crippen LogP contribution < -0.4 is 5.32 Å². The minimum Gasteiger partial charge on any atom is -0.351 e. The molecule has 2 aromatic rings. The summed E-state index contributed by atoms with van der Waals surface area (Å²) < 4.78 is 0. The summed E-state index contributed by atoms with van der Waals surface area (Å²) in [5, 5.41) is 3.91. The van der Waals surface area contributed by atoms with Crippen LogP contribution in [0, 0.1) is 24.7 Å². The standard InChI is InChI=1S/C19H23N3OS/c1-12-17(24-19(22-12)16-4-2-3-8-20-16)18(23)21-9-7-15-11-13-5-6-14(15)10-13/h2-4,8,13-15H,5-7,9-11H2,1H3,(H,21,23). The lowest BCUT2D eigenvalue weighted by molar-refractivity contribution is 0.0953. The topological polar surface area (TPSA) is 54.9 Å². The summed E-state index contributed by atoms with van der Waals surface area (Å²) in [6, 6.07) is 5.75. The molecule has 2 aliphatic rings. The number of nitrogens with one attached hydrogen (secondary N) is 1. The lowest BCUT2D eigenvalue weighted by Crippen LogP contribution is -2.27. The van der Waals surface area contributed by atoms with Gasteiger partial charge in [0.25, 0.3) is 5.91 Å². The number of thiazole rings is 1. The molecular weight excluding hydrogens is 318 g/mol. The van der Waals surface area contributed by atoms with E-state index in [4.69, 9.17) is 0 Å². The van der Waals surface area contributed by atoms with Crippen molar-refractivity contribution >= 4 is 17.2 Å². The summed E-state index contributed by atoms with van der Waals surface area (Å²) in [5.41, 5.74) is 1.62. The van der Waals surface area contributed by atoms with Crippen LogP contribution >= 0.6 is 11.3 Å². The first-order valence-corrected chi connectivity index (χ1v) is 9.69. The van der Waals surface area contributed by atoms with Crippen LogP contribution in [0.25, 0.3) is 10.7 Å². The number of rotatable bonds is 5. The zero-order valence-electron chi connectivity index (χ0n) is 14.0. The van der Waals surface area contributed by atoms with Gasteiger partial charge in [-0.05, 0) is 62.5 Å². The molecule has 2 aliphatic carbocycles. The van der Waals surface area contributed by atoms with Crippen LogP contribution in [-0.2, 0) is 0 Å². The number of hydrogen-bond acceptors (Lipinski definition) is 4. The van der Waals surface area contributed by atoms with E-state index >= 15 is 0 Å². The summed E-state index contributed by atoms with van der Waals surface area (Å²) >= 11 is 1.43. The fourth-order valence-corrected chi connectivity index (χ4v) is 5.35. The first kappa shape index (κ1) is 15.8. The molecule has 2 aromatic heterocycles. The van der Waals surface area contributed by atoms with Gasteiger partial charge in [0.15, 0.2) is 0 Å². The number of hydrogen-bond donors (Lipinski definition) is 1. The number of aromatic nitrogens is 2. The predicted molar refractivity (Wildman–Crippen MR) is 96.0 cm³/mol. The molecule has 3 atom stereocenters. The molecule has 5 heteroatoms. The van der Waals surface area contributed by atoms with Crippen molar-refractivity contribution in [2.45, 2.75) is 39.0 Å². The Morgan fingerprint density at radius 3 is 2.96 bits per heavy atom. The normalized spacial score (nSPS) is 25.1. The molecular formula is C19H23N3OS. The number of aryl methyl sites for hydroxylation is 1. The van der Waals surface area contributed by atoms with Crippen molar-refractivity contribution in [1.82, 2.24) is 15.3 Å². The van der Waals surface area contributed by atoms with Crippen molar-refractivity contribution in [3.05, 3.63) is 35.0 Å². The summed E-state index contributed by atoms with van der Waals surface area (Å²) in [5.74, 6) is 2.74. The molecule has 126 valence electrons. The van der Waals surface area contributed by atoms with Gasteiger partial charge in [-0.25, -0.2) is 4.98 Å². The number of pyridine rings is 1. The van der Waals surface area contributed by atoms with Gasteiger partial charge in [0.05, 0.1) is 11.4 Å². The van der Waals surface area contributed by atoms with Crippen LogP contribution in [0.4, 0.5) is 0 Å². The van der Waals surface area contributed by atoms with Crippen LogP contribution in [0.5, 0.6) is 0 Å². The highest BCUT2D eigenvalue weighted by molar-refractivity contribution is 7.17. The Labute approximate surface area is 146 Å². The average Bonchev–Trinajstić information content (AvgIpc) is 3.31. The van der Waals surface area contributed by atoms with Crippen LogP contribution in [0.2, 0.25) is 0 Å². The maximum Gasteiger partial charge on any atom is 0.263 e.